The number of carboxylic acid groups (broad SMARTS) is 1. The molecule has 0 saturated carbocycles. The minimum atomic E-state index is -4.62. The molecule has 0 fully saturated rings. The van der Waals surface area contributed by atoms with Gasteiger partial charge in [-0.25, -0.2) is 14.8 Å². The summed E-state index contributed by atoms with van der Waals surface area (Å²) in [6.07, 6.45) is -9.17. The van der Waals surface area contributed by atoms with E-state index in [9.17, 15) is 45.5 Å². The molecule has 0 spiro atoms. The van der Waals surface area contributed by atoms with Crippen LogP contribution >= 0.6 is 22.7 Å². The Morgan fingerprint density at radius 2 is 1.12 bits per heavy atom. The van der Waals surface area contributed by atoms with Gasteiger partial charge in [-0.15, -0.1) is 22.7 Å². The maximum atomic E-state index is 13.4. The van der Waals surface area contributed by atoms with Crippen molar-refractivity contribution >= 4 is 67.9 Å². The van der Waals surface area contributed by atoms with Crippen molar-refractivity contribution in [2.45, 2.75) is 12.4 Å². The minimum Gasteiger partial charge on any atom is -0.476 e. The highest BCUT2D eigenvalue weighted by Crippen LogP contribution is 2.39. The Bertz CT molecular complexity index is 2910. The number of amides is 1. The van der Waals surface area contributed by atoms with Crippen LogP contribution in [0.2, 0.25) is 0 Å². The number of hydrogen-bond acceptors (Lipinski definition) is 11. The summed E-state index contributed by atoms with van der Waals surface area (Å²) in [6, 6.07) is 20.9. The number of halogens is 6. The number of aromatic nitrogens is 2. The Morgan fingerprint density at radius 1 is 0.644 bits per heavy atom. The number of carbonyl (C=O) groups excluding carboxylic acids is 1. The number of carboxylic acids is 1. The van der Waals surface area contributed by atoms with Crippen molar-refractivity contribution in [3.05, 3.63) is 162 Å². The van der Waals surface area contributed by atoms with Crippen LogP contribution in [-0.2, 0) is 12.4 Å². The van der Waals surface area contributed by atoms with Gasteiger partial charge in [0.15, 0.2) is 27.7 Å². The van der Waals surface area contributed by atoms with Gasteiger partial charge in [0, 0.05) is 34.0 Å². The predicted molar refractivity (Wildman–Crippen MR) is 209 cm³/mol. The van der Waals surface area contributed by atoms with E-state index < -0.39 is 46.2 Å². The third-order valence-electron chi connectivity index (χ3n) is 8.10. The van der Waals surface area contributed by atoms with E-state index in [1.807, 2.05) is 0 Å². The molecule has 4 N–H and O–H groups in total. The highest BCUT2D eigenvalue weighted by Gasteiger charge is 2.35. The molecule has 300 valence electrons. The number of nitrogen functional groups attached to an aromatic ring is 1. The number of nitrogens with one attached hydrogen (secondary N) is 1. The average Bonchev–Trinajstić information content (AvgIpc) is 3.95. The maximum absolute atomic E-state index is 13.4. The molecule has 4 aromatic carbocycles. The zero-order chi connectivity index (χ0) is 42.5. The second kappa shape index (κ2) is 17.2. The van der Waals surface area contributed by atoms with Gasteiger partial charge in [0.1, 0.15) is 17.2 Å². The summed E-state index contributed by atoms with van der Waals surface area (Å²) in [4.78, 5) is 54.4. The Balaban J connectivity index is 0.000000171. The summed E-state index contributed by atoms with van der Waals surface area (Å²) < 4.78 is 90.5. The van der Waals surface area contributed by atoms with E-state index >= 15 is 0 Å². The highest BCUT2D eigenvalue weighted by molar-refractivity contribution is 7.08. The molecule has 11 nitrogen and oxygen atoms in total. The van der Waals surface area contributed by atoms with Crippen LogP contribution < -0.4 is 21.9 Å². The van der Waals surface area contributed by atoms with Gasteiger partial charge in [0.2, 0.25) is 0 Å². The lowest BCUT2D eigenvalue weighted by Gasteiger charge is -2.13. The lowest BCUT2D eigenvalue weighted by atomic mass is 10.0. The number of thiazole rings is 2. The number of rotatable bonds is 5. The van der Waals surface area contributed by atoms with Crippen molar-refractivity contribution in [1.82, 2.24) is 9.97 Å². The molecule has 1 amide bonds. The lowest BCUT2D eigenvalue weighted by Crippen LogP contribution is -2.13. The molecule has 0 bridgehead atoms. The fourth-order valence-corrected chi connectivity index (χ4v) is 6.52. The average molecular weight is 851 g/mol. The summed E-state index contributed by atoms with van der Waals surface area (Å²) in [5.74, 6) is -1.90. The van der Waals surface area contributed by atoms with Crippen LogP contribution in [0.4, 0.5) is 37.7 Å². The summed E-state index contributed by atoms with van der Waals surface area (Å²) in [5, 5.41) is 14.2. The van der Waals surface area contributed by atoms with Crippen LogP contribution in [0.5, 0.6) is 0 Å². The third-order valence-corrected chi connectivity index (χ3v) is 9.27. The molecule has 0 atom stereocenters. The van der Waals surface area contributed by atoms with Crippen LogP contribution in [0.25, 0.3) is 44.6 Å². The molecular formula is C40H24F6N4O7S2. The van der Waals surface area contributed by atoms with Crippen molar-refractivity contribution in [1.29, 1.82) is 0 Å². The number of alkyl halides is 6. The van der Waals surface area contributed by atoms with Gasteiger partial charge >= 0.3 is 18.3 Å². The minimum absolute atomic E-state index is 0.0180. The van der Waals surface area contributed by atoms with Gasteiger partial charge < -0.3 is 25.0 Å². The van der Waals surface area contributed by atoms with Crippen LogP contribution in [0.15, 0.2) is 137 Å². The molecule has 8 aromatic rings. The maximum Gasteiger partial charge on any atom is 0.417 e. The van der Waals surface area contributed by atoms with E-state index in [-0.39, 0.29) is 67.3 Å². The number of hydrogen-bond donors (Lipinski definition) is 3. The standard InChI is InChI=1S/C20H11F3N2O3S.C16H10F3NO2.C4H3NO2S/c21-20(22,23)13-6-2-1-4-11(13)17-8-16(26)12-5-3-7-14(18(12)28-17)25-19(27)15-9-29-10-24-15;17-16(18,19)11-6-2-1-4-9(11)14-8-13(21)10-5-3-7-12(20)15(10)22-14;6-4(7)3-1-8-2-5-3/h1-10H,(H,25,27);1-8H,20H2;1-2H,(H,6,7). The zero-order valence-electron chi connectivity index (χ0n) is 29.5. The van der Waals surface area contributed by atoms with Gasteiger partial charge in [-0.2, -0.15) is 26.3 Å². The third kappa shape index (κ3) is 9.54. The van der Waals surface area contributed by atoms with E-state index in [2.05, 4.69) is 15.3 Å². The van der Waals surface area contributed by atoms with E-state index in [1.165, 1.54) is 99.7 Å². The first-order valence-electron chi connectivity index (χ1n) is 16.6. The lowest BCUT2D eigenvalue weighted by molar-refractivity contribution is -0.138. The normalized spacial score (nSPS) is 11.3. The number of benzene rings is 4. The molecule has 0 radical (unpaired) electrons. The van der Waals surface area contributed by atoms with Gasteiger partial charge in [-0.1, -0.05) is 48.5 Å². The summed E-state index contributed by atoms with van der Waals surface area (Å²) in [7, 11) is 0. The monoisotopic (exact) mass is 850 g/mol. The number of para-hydroxylation sites is 2. The number of carbonyl (C=O) groups is 2. The van der Waals surface area contributed by atoms with Gasteiger partial charge in [0.25, 0.3) is 5.91 Å². The quantitative estimate of drug-likeness (QED) is 0.111. The number of nitrogens with zero attached hydrogens (tertiary/aromatic N) is 2. The van der Waals surface area contributed by atoms with E-state index in [4.69, 9.17) is 19.7 Å². The van der Waals surface area contributed by atoms with E-state index in [0.29, 0.717) is 0 Å². The molecule has 4 aromatic heterocycles. The molecule has 0 aliphatic carbocycles. The second-order valence-corrected chi connectivity index (χ2v) is 13.4. The van der Waals surface area contributed by atoms with Crippen LogP contribution in [0.1, 0.15) is 32.1 Å². The van der Waals surface area contributed by atoms with Crippen molar-refractivity contribution in [3.8, 4) is 22.6 Å². The Morgan fingerprint density at radius 3 is 1.59 bits per heavy atom. The van der Waals surface area contributed by atoms with Crippen LogP contribution in [0.3, 0.4) is 0 Å². The molecule has 19 heteroatoms. The predicted octanol–water partition coefficient (Wildman–Crippen LogP) is 10.1. The number of fused-ring (bicyclic) bond motifs is 2. The van der Waals surface area contributed by atoms with Crippen molar-refractivity contribution < 1.29 is 49.9 Å². The van der Waals surface area contributed by atoms with Gasteiger partial charge in [-0.05, 0) is 36.4 Å². The Hall–Kier alpha value is -7.12. The fraction of sp³-hybridized carbons (Fsp3) is 0.0500. The van der Waals surface area contributed by atoms with E-state index in [0.717, 1.165) is 24.3 Å². The van der Waals surface area contributed by atoms with E-state index in [1.54, 1.807) is 17.5 Å². The molecule has 4 heterocycles. The molecule has 8 rings (SSSR count). The van der Waals surface area contributed by atoms with Crippen molar-refractivity contribution in [3.63, 3.8) is 0 Å². The van der Waals surface area contributed by atoms with Crippen LogP contribution in [-0.4, -0.2) is 27.0 Å². The number of aromatic carboxylic acids is 1. The summed E-state index contributed by atoms with van der Waals surface area (Å²) in [6.45, 7) is 0. The fourth-order valence-electron chi connectivity index (χ4n) is 5.46. The number of nitrogens with two attached hydrogens (primary N) is 1. The molecule has 0 unspecified atom stereocenters. The smallest absolute Gasteiger partial charge is 0.417 e. The Labute approximate surface area is 334 Å². The SMILES string of the molecule is Nc1cccc2c(=O)cc(-c3ccccc3C(F)(F)F)oc12.O=C(Nc1cccc2c(=O)cc(-c3ccccc3C(F)(F)F)oc12)c1cscn1.O=C(O)c1cscn1. The second-order valence-electron chi connectivity index (χ2n) is 11.9. The zero-order valence-corrected chi connectivity index (χ0v) is 31.1. The Kier molecular flexibility index (Phi) is 12.1. The molecule has 0 aliphatic rings. The molecule has 0 saturated heterocycles. The number of anilines is 2. The molecular weight excluding hydrogens is 827 g/mol. The van der Waals surface area contributed by atoms with Gasteiger partial charge in [-0.3, -0.25) is 14.4 Å². The summed E-state index contributed by atoms with van der Waals surface area (Å²) >= 11 is 2.51. The van der Waals surface area contributed by atoms with Crippen molar-refractivity contribution in [2.24, 2.45) is 0 Å². The molecule has 0 aliphatic heterocycles. The van der Waals surface area contributed by atoms with Crippen molar-refractivity contribution in [2.75, 3.05) is 11.1 Å². The van der Waals surface area contributed by atoms with Gasteiger partial charge in [0.05, 0.1) is 44.3 Å². The largest absolute Gasteiger partial charge is 0.476 e. The summed E-state index contributed by atoms with van der Waals surface area (Å²) in [5.41, 5.74) is 6.21. The first-order valence-corrected chi connectivity index (χ1v) is 18.4. The highest BCUT2D eigenvalue weighted by atomic mass is 32.1. The first-order chi connectivity index (χ1) is 28.0. The topological polar surface area (TPSA) is 179 Å². The first kappa shape index (κ1) is 41.5. The van der Waals surface area contributed by atoms with Crippen LogP contribution in [0, 0.1) is 0 Å². The molecule has 59 heavy (non-hydrogen) atoms.